The van der Waals surface area contributed by atoms with E-state index in [1.807, 2.05) is 0 Å². The topological polar surface area (TPSA) is 62.2 Å². The predicted molar refractivity (Wildman–Crippen MR) is 61.7 cm³/mol. The van der Waals surface area contributed by atoms with Gasteiger partial charge >= 0.3 is 12.1 Å². The molecule has 0 atom stereocenters. The molecule has 0 bridgehead atoms. The molecular formula is C12H13F3N2O2. The zero-order valence-corrected chi connectivity index (χ0v) is 10.00. The van der Waals surface area contributed by atoms with Crippen molar-refractivity contribution < 1.29 is 23.1 Å². The maximum atomic E-state index is 12.5. The Kier molecular flexibility index (Phi) is 3.38. The highest BCUT2D eigenvalue weighted by Crippen LogP contribution is 2.34. The highest BCUT2D eigenvalue weighted by molar-refractivity contribution is 5.82. The molecule has 1 saturated carbocycles. The van der Waals surface area contributed by atoms with Gasteiger partial charge in [0.05, 0.1) is 0 Å². The first-order valence-electron chi connectivity index (χ1n) is 5.89. The van der Waals surface area contributed by atoms with E-state index in [1.165, 1.54) is 12.1 Å². The maximum Gasteiger partial charge on any atom is 0.433 e. The lowest BCUT2D eigenvalue weighted by Crippen LogP contribution is -2.44. The number of hydrogen-bond acceptors (Lipinski definition) is 3. The molecule has 0 amide bonds. The van der Waals surface area contributed by atoms with Gasteiger partial charge in [-0.1, -0.05) is 18.9 Å². The molecule has 1 heterocycles. The Balaban J connectivity index is 2.25. The van der Waals surface area contributed by atoms with Crippen molar-refractivity contribution in [2.75, 3.05) is 5.32 Å². The molecule has 0 aliphatic heterocycles. The van der Waals surface area contributed by atoms with Gasteiger partial charge in [0.25, 0.3) is 0 Å². The molecule has 0 radical (unpaired) electrons. The first kappa shape index (κ1) is 13.6. The number of carbonyl (C=O) groups is 1. The Labute approximate surface area is 107 Å². The molecule has 1 aliphatic rings. The predicted octanol–water partition coefficient (Wildman–Crippen LogP) is 2.91. The van der Waals surface area contributed by atoms with Crippen molar-refractivity contribution in [3.05, 3.63) is 23.9 Å². The maximum absolute atomic E-state index is 12.5. The highest BCUT2D eigenvalue weighted by Gasteiger charge is 2.42. The molecule has 0 aromatic carbocycles. The number of carboxylic acid groups (broad SMARTS) is 1. The standard InChI is InChI=1S/C12H13F3N2O2/c13-12(14,15)8-4-3-5-9(16-8)17-11(10(18)19)6-1-2-7-11/h3-5H,1-2,6-7H2,(H,16,17)(H,18,19). The molecule has 0 spiro atoms. The molecule has 7 heteroatoms. The summed E-state index contributed by atoms with van der Waals surface area (Å²) < 4.78 is 37.6. The Bertz CT molecular complexity index is 482. The Morgan fingerprint density at radius 3 is 2.47 bits per heavy atom. The van der Waals surface area contributed by atoms with Crippen LogP contribution in [0, 0.1) is 0 Å². The zero-order valence-electron chi connectivity index (χ0n) is 10.00. The third kappa shape index (κ3) is 2.80. The van der Waals surface area contributed by atoms with E-state index < -0.39 is 23.4 Å². The summed E-state index contributed by atoms with van der Waals surface area (Å²) in [5, 5.41) is 11.9. The molecule has 2 N–H and O–H groups in total. The van der Waals surface area contributed by atoms with Crippen molar-refractivity contribution in [2.45, 2.75) is 37.4 Å². The van der Waals surface area contributed by atoms with Crippen molar-refractivity contribution in [1.82, 2.24) is 4.98 Å². The lowest BCUT2D eigenvalue weighted by Gasteiger charge is -2.26. The van der Waals surface area contributed by atoms with E-state index in [1.54, 1.807) is 0 Å². The first-order chi connectivity index (χ1) is 8.83. The van der Waals surface area contributed by atoms with E-state index in [4.69, 9.17) is 0 Å². The number of carboxylic acids is 1. The van der Waals surface area contributed by atoms with Gasteiger partial charge in [-0.25, -0.2) is 9.78 Å². The summed E-state index contributed by atoms with van der Waals surface area (Å²) in [6.07, 6.45) is -2.29. The van der Waals surface area contributed by atoms with Crippen LogP contribution in [0.15, 0.2) is 18.2 Å². The summed E-state index contributed by atoms with van der Waals surface area (Å²) in [4.78, 5) is 14.7. The van der Waals surface area contributed by atoms with Crippen molar-refractivity contribution >= 4 is 11.8 Å². The van der Waals surface area contributed by atoms with Crippen LogP contribution in [0.1, 0.15) is 31.4 Å². The van der Waals surface area contributed by atoms with Crippen molar-refractivity contribution in [1.29, 1.82) is 0 Å². The van der Waals surface area contributed by atoms with Crippen LogP contribution in [-0.2, 0) is 11.0 Å². The number of rotatable bonds is 3. The van der Waals surface area contributed by atoms with Crippen LogP contribution in [0.4, 0.5) is 19.0 Å². The third-order valence-electron chi connectivity index (χ3n) is 3.27. The molecular weight excluding hydrogens is 261 g/mol. The minimum Gasteiger partial charge on any atom is -0.480 e. The summed E-state index contributed by atoms with van der Waals surface area (Å²) >= 11 is 0. The average Bonchev–Trinajstić information content (AvgIpc) is 2.78. The number of alkyl halides is 3. The molecule has 0 saturated heterocycles. The SMILES string of the molecule is O=C(O)C1(Nc2cccc(C(F)(F)F)n2)CCCC1. The average molecular weight is 274 g/mol. The van der Waals surface area contributed by atoms with Gasteiger partial charge in [-0.2, -0.15) is 13.2 Å². The van der Waals surface area contributed by atoms with Crippen LogP contribution in [0.5, 0.6) is 0 Å². The normalized spacial score (nSPS) is 18.3. The summed E-state index contributed by atoms with van der Waals surface area (Å²) in [6.45, 7) is 0. The molecule has 104 valence electrons. The quantitative estimate of drug-likeness (QED) is 0.889. The van der Waals surface area contributed by atoms with Gasteiger partial charge in [0, 0.05) is 0 Å². The fourth-order valence-corrected chi connectivity index (χ4v) is 2.28. The molecule has 1 fully saturated rings. The van der Waals surface area contributed by atoms with Gasteiger partial charge < -0.3 is 10.4 Å². The Morgan fingerprint density at radius 1 is 1.32 bits per heavy atom. The minimum absolute atomic E-state index is 0.0564. The lowest BCUT2D eigenvalue weighted by molar-refractivity contribution is -0.142. The monoisotopic (exact) mass is 274 g/mol. The molecule has 1 aromatic heterocycles. The largest absolute Gasteiger partial charge is 0.480 e. The number of anilines is 1. The number of nitrogens with zero attached hydrogens (tertiary/aromatic N) is 1. The molecule has 1 aromatic rings. The van der Waals surface area contributed by atoms with Crippen LogP contribution in [-0.4, -0.2) is 21.6 Å². The van der Waals surface area contributed by atoms with Gasteiger partial charge in [-0.05, 0) is 25.0 Å². The Morgan fingerprint density at radius 2 is 1.95 bits per heavy atom. The zero-order chi connectivity index (χ0) is 14.1. The molecule has 4 nitrogen and oxygen atoms in total. The van der Waals surface area contributed by atoms with Gasteiger partial charge in [-0.15, -0.1) is 0 Å². The summed E-state index contributed by atoms with van der Waals surface area (Å²) in [5.74, 6) is -1.11. The first-order valence-corrected chi connectivity index (χ1v) is 5.89. The van der Waals surface area contributed by atoms with Crippen molar-refractivity contribution in [3.63, 3.8) is 0 Å². The fraction of sp³-hybridized carbons (Fsp3) is 0.500. The van der Waals surface area contributed by atoms with Gasteiger partial charge in [0.1, 0.15) is 17.1 Å². The van der Waals surface area contributed by atoms with Gasteiger partial charge in [-0.3, -0.25) is 0 Å². The number of hydrogen-bond donors (Lipinski definition) is 2. The van der Waals surface area contributed by atoms with E-state index in [9.17, 15) is 23.1 Å². The van der Waals surface area contributed by atoms with Gasteiger partial charge in [0.15, 0.2) is 0 Å². The lowest BCUT2D eigenvalue weighted by atomic mass is 9.98. The minimum atomic E-state index is -4.54. The molecule has 2 rings (SSSR count). The summed E-state index contributed by atoms with van der Waals surface area (Å²) in [7, 11) is 0. The van der Waals surface area contributed by atoms with E-state index in [0.29, 0.717) is 12.8 Å². The number of pyridine rings is 1. The second-order valence-corrected chi connectivity index (χ2v) is 4.63. The van der Waals surface area contributed by atoms with E-state index in [2.05, 4.69) is 10.3 Å². The highest BCUT2D eigenvalue weighted by atomic mass is 19.4. The smallest absolute Gasteiger partial charge is 0.433 e. The van der Waals surface area contributed by atoms with Crippen LogP contribution in [0.25, 0.3) is 0 Å². The second kappa shape index (κ2) is 4.71. The number of nitrogens with one attached hydrogen (secondary N) is 1. The van der Waals surface area contributed by atoms with Crippen molar-refractivity contribution in [2.24, 2.45) is 0 Å². The Hall–Kier alpha value is -1.79. The van der Waals surface area contributed by atoms with Crippen LogP contribution in [0.3, 0.4) is 0 Å². The second-order valence-electron chi connectivity index (χ2n) is 4.63. The number of aliphatic carboxylic acids is 1. The van der Waals surface area contributed by atoms with Crippen LogP contribution < -0.4 is 5.32 Å². The molecule has 0 unspecified atom stereocenters. The summed E-state index contributed by atoms with van der Waals surface area (Å²) in [6, 6.07) is 3.41. The third-order valence-corrected chi connectivity index (χ3v) is 3.27. The molecule has 19 heavy (non-hydrogen) atoms. The summed E-state index contributed by atoms with van der Waals surface area (Å²) in [5.41, 5.74) is -2.23. The van der Waals surface area contributed by atoms with Gasteiger partial charge in [0.2, 0.25) is 0 Å². The van der Waals surface area contributed by atoms with E-state index in [-0.39, 0.29) is 5.82 Å². The fourth-order valence-electron chi connectivity index (χ4n) is 2.28. The number of halogens is 3. The van der Waals surface area contributed by atoms with E-state index in [0.717, 1.165) is 18.9 Å². The molecule has 1 aliphatic carbocycles. The van der Waals surface area contributed by atoms with E-state index >= 15 is 0 Å². The number of aromatic nitrogens is 1. The van der Waals surface area contributed by atoms with Crippen LogP contribution in [0.2, 0.25) is 0 Å². The van der Waals surface area contributed by atoms with Crippen LogP contribution >= 0.6 is 0 Å². The van der Waals surface area contributed by atoms with Crippen molar-refractivity contribution in [3.8, 4) is 0 Å².